The van der Waals surface area contributed by atoms with Gasteiger partial charge in [-0.05, 0) is 50.0 Å². The molecule has 0 aliphatic carbocycles. The van der Waals surface area contributed by atoms with Gasteiger partial charge in [0.15, 0.2) is 5.97 Å². The minimum absolute atomic E-state index is 0.387. The standard InChI is InChI=1S/C19H27BFNO2/c1-7-8-9-15-10-11-17(12-16(15)13-22-14(2)21)20-23-18(3,4)19(5,6)24-20/h9-13H,7-8H2,1-6H3/b15-9+,16-13-,22-14?. The minimum Gasteiger partial charge on any atom is -0.399 e. The maximum Gasteiger partial charge on any atom is 0.494 e. The normalized spacial score (nSPS) is 21.6. The van der Waals surface area contributed by atoms with E-state index in [0.29, 0.717) is 0 Å². The zero-order valence-electron chi connectivity index (χ0n) is 15.5. The highest BCUT2D eigenvalue weighted by Gasteiger charge is 2.51. The van der Waals surface area contributed by atoms with E-state index in [1.165, 1.54) is 6.92 Å². The Morgan fingerprint density at radius 2 is 1.79 bits per heavy atom. The van der Waals surface area contributed by atoms with E-state index in [4.69, 9.17) is 9.31 Å². The lowest BCUT2D eigenvalue weighted by atomic mass is 9.78. The van der Waals surface area contributed by atoms with Gasteiger partial charge in [-0.15, -0.1) is 0 Å². The highest BCUT2D eigenvalue weighted by molar-refractivity contribution is 6.62. The van der Waals surface area contributed by atoms with Crippen LogP contribution in [-0.2, 0) is 9.31 Å². The van der Waals surface area contributed by atoms with Gasteiger partial charge in [0.25, 0.3) is 0 Å². The predicted molar refractivity (Wildman–Crippen MR) is 99.5 cm³/mol. The van der Waals surface area contributed by atoms with Crippen molar-refractivity contribution in [2.75, 3.05) is 0 Å². The SMILES string of the molecule is CCC/C=c1\ccc(B2OC(C)(C)C(C)(C)O2)c\c1=C\N=C(C)F. The van der Waals surface area contributed by atoms with Crippen LogP contribution in [-0.4, -0.2) is 24.3 Å². The van der Waals surface area contributed by atoms with E-state index in [1.807, 2.05) is 45.9 Å². The molecule has 3 nitrogen and oxygen atoms in total. The third-order valence-electron chi connectivity index (χ3n) is 4.67. The number of benzene rings is 1. The monoisotopic (exact) mass is 331 g/mol. The van der Waals surface area contributed by atoms with Crippen LogP contribution in [0, 0.1) is 0 Å². The Balaban J connectivity index is 2.46. The minimum atomic E-state index is -0.461. The Morgan fingerprint density at radius 1 is 1.17 bits per heavy atom. The first-order valence-electron chi connectivity index (χ1n) is 8.52. The van der Waals surface area contributed by atoms with E-state index in [1.54, 1.807) is 6.20 Å². The van der Waals surface area contributed by atoms with E-state index >= 15 is 0 Å². The van der Waals surface area contributed by atoms with Gasteiger partial charge in [0.05, 0.1) is 11.2 Å². The van der Waals surface area contributed by atoms with Crippen LogP contribution in [0.2, 0.25) is 0 Å². The van der Waals surface area contributed by atoms with E-state index in [-0.39, 0.29) is 11.2 Å². The zero-order chi connectivity index (χ0) is 18.0. The molecular weight excluding hydrogens is 304 g/mol. The van der Waals surface area contributed by atoms with Crippen molar-refractivity contribution in [3.63, 3.8) is 0 Å². The summed E-state index contributed by atoms with van der Waals surface area (Å²) in [4.78, 5) is 3.81. The van der Waals surface area contributed by atoms with Crippen LogP contribution < -0.4 is 15.9 Å². The molecule has 0 unspecified atom stereocenters. The van der Waals surface area contributed by atoms with Crippen LogP contribution in [0.25, 0.3) is 12.3 Å². The second-order valence-corrected chi connectivity index (χ2v) is 7.22. The summed E-state index contributed by atoms with van der Waals surface area (Å²) in [5.74, 6) is -0.461. The smallest absolute Gasteiger partial charge is 0.399 e. The van der Waals surface area contributed by atoms with Crippen molar-refractivity contribution in [3.8, 4) is 0 Å². The van der Waals surface area contributed by atoms with Crippen molar-refractivity contribution in [2.45, 2.75) is 65.6 Å². The largest absolute Gasteiger partial charge is 0.494 e. The number of rotatable bonds is 4. The molecule has 1 aromatic rings. The summed E-state index contributed by atoms with van der Waals surface area (Å²) in [6.07, 6.45) is 5.73. The average Bonchev–Trinajstić information content (AvgIpc) is 2.71. The number of halogens is 1. The summed E-state index contributed by atoms with van der Waals surface area (Å²) in [6.45, 7) is 11.6. The third-order valence-corrected chi connectivity index (χ3v) is 4.67. The molecular formula is C19H27BFNO2. The van der Waals surface area contributed by atoms with E-state index in [9.17, 15) is 4.39 Å². The molecule has 1 fully saturated rings. The molecule has 0 radical (unpaired) electrons. The molecule has 2 rings (SSSR count). The lowest BCUT2D eigenvalue weighted by Gasteiger charge is -2.32. The molecule has 1 aliphatic heterocycles. The van der Waals surface area contributed by atoms with Crippen LogP contribution in [0.1, 0.15) is 54.4 Å². The molecule has 0 N–H and O–H groups in total. The van der Waals surface area contributed by atoms with Gasteiger partial charge < -0.3 is 9.31 Å². The number of aliphatic imine (C=N–C) groups is 1. The van der Waals surface area contributed by atoms with Crippen LogP contribution in [0.4, 0.5) is 4.39 Å². The zero-order valence-corrected chi connectivity index (χ0v) is 15.5. The Kier molecular flexibility index (Phi) is 5.66. The molecule has 0 atom stereocenters. The van der Waals surface area contributed by atoms with Gasteiger partial charge in [0.2, 0.25) is 0 Å². The van der Waals surface area contributed by atoms with Gasteiger partial charge in [-0.1, -0.05) is 37.6 Å². The molecule has 0 bridgehead atoms. The Morgan fingerprint density at radius 3 is 2.33 bits per heavy atom. The summed E-state index contributed by atoms with van der Waals surface area (Å²) >= 11 is 0. The Hall–Kier alpha value is -1.46. The van der Waals surface area contributed by atoms with E-state index in [2.05, 4.69) is 18.0 Å². The lowest BCUT2D eigenvalue weighted by molar-refractivity contribution is 0.00578. The van der Waals surface area contributed by atoms with Gasteiger partial charge >= 0.3 is 7.12 Å². The first kappa shape index (κ1) is 18.9. The number of hydrogen-bond donors (Lipinski definition) is 0. The third kappa shape index (κ3) is 4.14. The summed E-state index contributed by atoms with van der Waals surface area (Å²) in [7, 11) is -0.433. The van der Waals surface area contributed by atoms with E-state index in [0.717, 1.165) is 28.7 Å². The molecule has 1 heterocycles. The highest BCUT2D eigenvalue weighted by atomic mass is 19.1. The Bertz CT molecular complexity index is 720. The van der Waals surface area contributed by atoms with Gasteiger partial charge in [0, 0.05) is 13.1 Å². The maximum absolute atomic E-state index is 13.0. The average molecular weight is 331 g/mol. The lowest BCUT2D eigenvalue weighted by Crippen LogP contribution is -2.41. The fourth-order valence-electron chi connectivity index (χ4n) is 2.48. The maximum atomic E-state index is 13.0. The molecule has 5 heteroatoms. The summed E-state index contributed by atoms with van der Waals surface area (Å²) in [5.41, 5.74) is 0.144. The predicted octanol–water partition coefficient (Wildman–Crippen LogP) is 2.69. The van der Waals surface area contributed by atoms with Crippen molar-refractivity contribution in [2.24, 2.45) is 4.99 Å². The van der Waals surface area contributed by atoms with Gasteiger partial charge in [-0.2, -0.15) is 4.39 Å². The number of nitrogens with zero attached hydrogens (tertiary/aromatic N) is 1. The second kappa shape index (κ2) is 7.20. The summed E-state index contributed by atoms with van der Waals surface area (Å²) in [5, 5.41) is 1.91. The summed E-state index contributed by atoms with van der Waals surface area (Å²) in [6, 6.07) is 5.99. The number of hydrogen-bond acceptors (Lipinski definition) is 3. The molecule has 0 aromatic heterocycles. The molecule has 130 valence electrons. The molecule has 0 spiro atoms. The summed E-state index contributed by atoms with van der Waals surface area (Å²) < 4.78 is 25.2. The fraction of sp³-hybridized carbons (Fsp3) is 0.526. The van der Waals surface area contributed by atoms with Gasteiger partial charge in [-0.3, -0.25) is 0 Å². The van der Waals surface area contributed by atoms with Gasteiger partial charge in [0.1, 0.15) is 0 Å². The molecule has 1 saturated heterocycles. The van der Waals surface area contributed by atoms with Crippen molar-refractivity contribution in [1.29, 1.82) is 0 Å². The molecule has 0 saturated carbocycles. The topological polar surface area (TPSA) is 30.8 Å². The number of unbranched alkanes of at least 4 members (excludes halogenated alkanes) is 1. The van der Waals surface area contributed by atoms with Crippen molar-refractivity contribution < 1.29 is 13.7 Å². The Labute approximate surface area is 144 Å². The van der Waals surface area contributed by atoms with Crippen LogP contribution >= 0.6 is 0 Å². The first-order valence-corrected chi connectivity index (χ1v) is 8.52. The first-order chi connectivity index (χ1) is 11.2. The van der Waals surface area contributed by atoms with Crippen LogP contribution in [0.3, 0.4) is 0 Å². The highest BCUT2D eigenvalue weighted by Crippen LogP contribution is 2.36. The molecule has 1 aromatic carbocycles. The second-order valence-electron chi connectivity index (χ2n) is 7.22. The fourth-order valence-corrected chi connectivity index (χ4v) is 2.48. The molecule has 1 aliphatic rings. The molecule has 24 heavy (non-hydrogen) atoms. The van der Waals surface area contributed by atoms with Crippen molar-refractivity contribution >= 4 is 30.8 Å². The van der Waals surface area contributed by atoms with Crippen molar-refractivity contribution in [1.82, 2.24) is 0 Å². The van der Waals surface area contributed by atoms with Crippen LogP contribution in [0.15, 0.2) is 23.2 Å². The molecule has 0 amide bonds. The van der Waals surface area contributed by atoms with Crippen LogP contribution in [0.5, 0.6) is 0 Å². The van der Waals surface area contributed by atoms with Gasteiger partial charge in [-0.25, -0.2) is 4.99 Å². The van der Waals surface area contributed by atoms with E-state index < -0.39 is 13.1 Å². The quantitative estimate of drug-likeness (QED) is 0.627. The van der Waals surface area contributed by atoms with Crippen molar-refractivity contribution in [3.05, 3.63) is 28.6 Å².